The van der Waals surface area contributed by atoms with Gasteiger partial charge in [0.25, 0.3) is 0 Å². The lowest BCUT2D eigenvalue weighted by atomic mass is 9.94. The SMILES string of the molecule is CCn1cc2c(c1C(=O)O)[C@@H]1CC[C@H]2C1. The molecule has 1 heterocycles. The molecule has 2 atom stereocenters. The number of carboxylic acids is 1. The van der Waals surface area contributed by atoms with Gasteiger partial charge in [-0.2, -0.15) is 0 Å². The first-order chi connectivity index (χ1) is 7.22. The smallest absolute Gasteiger partial charge is 0.352 e. The zero-order chi connectivity index (χ0) is 10.6. The minimum atomic E-state index is -0.759. The van der Waals surface area contributed by atoms with Crippen molar-refractivity contribution in [1.82, 2.24) is 4.57 Å². The van der Waals surface area contributed by atoms with E-state index in [0.29, 0.717) is 17.5 Å². The van der Waals surface area contributed by atoms with Gasteiger partial charge >= 0.3 is 5.97 Å². The molecule has 0 aromatic carbocycles. The lowest BCUT2D eigenvalue weighted by molar-refractivity contribution is 0.0683. The van der Waals surface area contributed by atoms with Gasteiger partial charge in [0, 0.05) is 12.7 Å². The zero-order valence-corrected chi connectivity index (χ0v) is 8.86. The van der Waals surface area contributed by atoms with Crippen LogP contribution in [-0.2, 0) is 6.54 Å². The molecule has 1 N–H and O–H groups in total. The number of fused-ring (bicyclic) bond motifs is 5. The first-order valence-electron chi connectivity index (χ1n) is 5.68. The van der Waals surface area contributed by atoms with Gasteiger partial charge in [-0.3, -0.25) is 0 Å². The number of nitrogens with zero attached hydrogens (tertiary/aromatic N) is 1. The molecular weight excluding hydrogens is 190 g/mol. The molecule has 1 aromatic rings. The van der Waals surface area contributed by atoms with E-state index in [1.54, 1.807) is 0 Å². The topological polar surface area (TPSA) is 42.2 Å². The maximum atomic E-state index is 11.3. The van der Waals surface area contributed by atoms with Crippen LogP contribution in [0.1, 0.15) is 59.6 Å². The summed E-state index contributed by atoms with van der Waals surface area (Å²) in [6, 6.07) is 0. The Kier molecular flexibility index (Phi) is 1.73. The van der Waals surface area contributed by atoms with E-state index in [2.05, 4.69) is 6.20 Å². The number of carboxylic acid groups (broad SMARTS) is 1. The Bertz CT molecular complexity index is 433. The van der Waals surface area contributed by atoms with Gasteiger partial charge in [0.05, 0.1) is 0 Å². The Morgan fingerprint density at radius 3 is 2.93 bits per heavy atom. The van der Waals surface area contributed by atoms with E-state index in [1.165, 1.54) is 24.8 Å². The number of carbonyl (C=O) groups is 1. The first kappa shape index (κ1) is 9.01. The van der Waals surface area contributed by atoms with E-state index in [9.17, 15) is 9.90 Å². The molecule has 1 aromatic heterocycles. The van der Waals surface area contributed by atoms with E-state index in [4.69, 9.17) is 0 Å². The second kappa shape index (κ2) is 2.87. The van der Waals surface area contributed by atoms with Crippen LogP contribution in [0.5, 0.6) is 0 Å². The molecule has 15 heavy (non-hydrogen) atoms. The van der Waals surface area contributed by atoms with Crippen LogP contribution in [0.4, 0.5) is 0 Å². The summed E-state index contributed by atoms with van der Waals surface area (Å²) < 4.78 is 1.90. The molecule has 0 spiro atoms. The van der Waals surface area contributed by atoms with Crippen molar-refractivity contribution in [1.29, 1.82) is 0 Å². The lowest BCUT2D eigenvalue weighted by Gasteiger charge is -2.10. The van der Waals surface area contributed by atoms with Gasteiger partial charge in [-0.05, 0) is 49.1 Å². The summed E-state index contributed by atoms with van der Waals surface area (Å²) in [4.78, 5) is 11.3. The van der Waals surface area contributed by atoms with Crippen molar-refractivity contribution in [3.63, 3.8) is 0 Å². The Morgan fingerprint density at radius 1 is 1.53 bits per heavy atom. The van der Waals surface area contributed by atoms with Crippen molar-refractivity contribution in [2.45, 2.75) is 44.6 Å². The molecule has 0 saturated heterocycles. The fourth-order valence-corrected chi connectivity index (χ4v) is 3.36. The molecule has 0 aliphatic heterocycles. The highest BCUT2D eigenvalue weighted by atomic mass is 16.4. The molecule has 0 radical (unpaired) electrons. The highest BCUT2D eigenvalue weighted by molar-refractivity contribution is 5.89. The van der Waals surface area contributed by atoms with Crippen molar-refractivity contribution in [2.24, 2.45) is 0 Å². The predicted octanol–water partition coefficient (Wildman–Crippen LogP) is 2.57. The Labute approximate surface area is 88.7 Å². The van der Waals surface area contributed by atoms with Crippen LogP contribution in [0.2, 0.25) is 0 Å². The lowest BCUT2D eigenvalue weighted by Crippen LogP contribution is -2.10. The van der Waals surface area contributed by atoms with Crippen LogP contribution >= 0.6 is 0 Å². The van der Waals surface area contributed by atoms with Crippen LogP contribution < -0.4 is 0 Å². The summed E-state index contributed by atoms with van der Waals surface area (Å²) in [6.07, 6.45) is 5.70. The van der Waals surface area contributed by atoms with Crippen molar-refractivity contribution in [2.75, 3.05) is 0 Å². The zero-order valence-electron chi connectivity index (χ0n) is 8.86. The Morgan fingerprint density at radius 2 is 2.27 bits per heavy atom. The third kappa shape index (κ3) is 1.03. The van der Waals surface area contributed by atoms with Gasteiger partial charge in [0.2, 0.25) is 0 Å². The maximum absolute atomic E-state index is 11.3. The van der Waals surface area contributed by atoms with Gasteiger partial charge in [0.15, 0.2) is 0 Å². The summed E-state index contributed by atoms with van der Waals surface area (Å²) in [7, 11) is 0. The van der Waals surface area contributed by atoms with E-state index in [-0.39, 0.29) is 0 Å². The van der Waals surface area contributed by atoms with Gasteiger partial charge < -0.3 is 9.67 Å². The Hall–Kier alpha value is -1.25. The second-order valence-electron chi connectivity index (χ2n) is 4.64. The van der Waals surface area contributed by atoms with Crippen LogP contribution in [0, 0.1) is 0 Å². The van der Waals surface area contributed by atoms with E-state index < -0.39 is 5.97 Å². The number of aromatic nitrogens is 1. The molecule has 3 rings (SSSR count). The molecule has 2 aliphatic carbocycles. The first-order valence-corrected chi connectivity index (χ1v) is 5.68. The average molecular weight is 205 g/mol. The number of hydrogen-bond donors (Lipinski definition) is 1. The summed E-state index contributed by atoms with van der Waals surface area (Å²) >= 11 is 0. The number of aromatic carboxylic acids is 1. The average Bonchev–Trinajstić information content (AvgIpc) is 2.87. The van der Waals surface area contributed by atoms with E-state index in [0.717, 1.165) is 12.1 Å². The van der Waals surface area contributed by atoms with Crippen molar-refractivity contribution in [3.05, 3.63) is 23.0 Å². The second-order valence-corrected chi connectivity index (χ2v) is 4.64. The summed E-state index contributed by atoms with van der Waals surface area (Å²) in [5.41, 5.74) is 3.03. The van der Waals surface area contributed by atoms with Gasteiger partial charge in [-0.15, -0.1) is 0 Å². The minimum Gasteiger partial charge on any atom is -0.477 e. The summed E-state index contributed by atoms with van der Waals surface area (Å²) in [5.74, 6) is 0.422. The van der Waals surface area contributed by atoms with Gasteiger partial charge in [-0.25, -0.2) is 4.79 Å². The van der Waals surface area contributed by atoms with Crippen LogP contribution in [0.25, 0.3) is 0 Å². The molecule has 1 fully saturated rings. The van der Waals surface area contributed by atoms with Crippen molar-refractivity contribution >= 4 is 5.97 Å². The maximum Gasteiger partial charge on any atom is 0.352 e. The molecule has 3 nitrogen and oxygen atoms in total. The fourth-order valence-electron chi connectivity index (χ4n) is 3.36. The molecule has 0 amide bonds. The van der Waals surface area contributed by atoms with E-state index in [1.807, 2.05) is 11.5 Å². The van der Waals surface area contributed by atoms with E-state index >= 15 is 0 Å². The predicted molar refractivity (Wildman–Crippen MR) is 56.4 cm³/mol. The normalized spacial score (nSPS) is 27.0. The van der Waals surface area contributed by atoms with Crippen molar-refractivity contribution < 1.29 is 9.90 Å². The van der Waals surface area contributed by atoms with Crippen LogP contribution in [0.3, 0.4) is 0 Å². The highest BCUT2D eigenvalue weighted by Crippen LogP contribution is 2.54. The van der Waals surface area contributed by atoms with Crippen molar-refractivity contribution in [3.8, 4) is 0 Å². The highest BCUT2D eigenvalue weighted by Gasteiger charge is 2.41. The summed E-state index contributed by atoms with van der Waals surface area (Å²) in [6.45, 7) is 2.76. The molecule has 80 valence electrons. The van der Waals surface area contributed by atoms with Crippen LogP contribution in [-0.4, -0.2) is 15.6 Å². The third-order valence-corrected chi connectivity index (χ3v) is 3.97. The van der Waals surface area contributed by atoms with Gasteiger partial charge in [-0.1, -0.05) is 0 Å². The molecule has 2 bridgehead atoms. The monoisotopic (exact) mass is 205 g/mol. The molecule has 0 unspecified atom stereocenters. The number of rotatable bonds is 2. The molecule has 1 saturated carbocycles. The fraction of sp³-hybridized carbons (Fsp3) is 0.583. The largest absolute Gasteiger partial charge is 0.477 e. The van der Waals surface area contributed by atoms with Crippen LogP contribution in [0.15, 0.2) is 6.20 Å². The summed E-state index contributed by atoms with van der Waals surface area (Å²) in [5, 5.41) is 9.26. The number of hydrogen-bond acceptors (Lipinski definition) is 1. The number of aryl methyl sites for hydroxylation is 1. The minimum absolute atomic E-state index is 0.531. The third-order valence-electron chi connectivity index (χ3n) is 3.97. The quantitative estimate of drug-likeness (QED) is 0.806. The Balaban J connectivity index is 2.21. The van der Waals surface area contributed by atoms with Gasteiger partial charge in [0.1, 0.15) is 5.69 Å². The molecule has 3 heteroatoms. The molecular formula is C12H15NO2. The molecule has 2 aliphatic rings. The standard InChI is InChI=1S/C12H15NO2/c1-2-13-6-9-7-3-4-8(5-7)10(9)11(13)12(14)15/h6-8H,2-5H2,1H3,(H,14,15)/t7-,8+/m0/s1.